The lowest BCUT2D eigenvalue weighted by molar-refractivity contribution is 0.693. The molecule has 0 radical (unpaired) electrons. The summed E-state index contributed by atoms with van der Waals surface area (Å²) in [6.45, 7) is 3.77. The second kappa shape index (κ2) is 4.56. The fourth-order valence-corrected chi connectivity index (χ4v) is 1.51. The summed E-state index contributed by atoms with van der Waals surface area (Å²) < 4.78 is 0. The molecule has 0 bridgehead atoms. The van der Waals surface area contributed by atoms with Crippen LogP contribution >= 0.6 is 0 Å². The first-order chi connectivity index (χ1) is 5.88. The molecule has 0 aromatic rings. The Labute approximate surface area is 73.7 Å². The van der Waals surface area contributed by atoms with Crippen LogP contribution in [0.15, 0.2) is 36.0 Å². The second-order valence-corrected chi connectivity index (χ2v) is 2.92. The third-order valence-electron chi connectivity index (χ3n) is 2.16. The van der Waals surface area contributed by atoms with Gasteiger partial charge in [-0.15, -0.1) is 0 Å². The van der Waals surface area contributed by atoms with Crippen molar-refractivity contribution in [2.75, 3.05) is 0 Å². The van der Waals surface area contributed by atoms with Gasteiger partial charge < -0.3 is 0 Å². The van der Waals surface area contributed by atoms with Gasteiger partial charge in [0.25, 0.3) is 0 Å². The topological polar surface area (TPSA) is 23.8 Å². The summed E-state index contributed by atoms with van der Waals surface area (Å²) in [7, 11) is 0. The molecule has 0 aliphatic heterocycles. The van der Waals surface area contributed by atoms with Gasteiger partial charge in [-0.2, -0.15) is 5.26 Å². The lowest BCUT2D eigenvalue weighted by Crippen LogP contribution is -1.95. The SMILES string of the molecule is C=CC1=C(/C=C/C#N)CCCC1. The molecule has 0 saturated carbocycles. The van der Waals surface area contributed by atoms with Gasteiger partial charge in [-0.25, -0.2) is 0 Å². The van der Waals surface area contributed by atoms with Gasteiger partial charge in [0.1, 0.15) is 0 Å². The minimum atomic E-state index is 1.10. The summed E-state index contributed by atoms with van der Waals surface area (Å²) in [5.74, 6) is 0. The molecule has 1 rings (SSSR count). The minimum Gasteiger partial charge on any atom is -0.193 e. The Morgan fingerprint density at radius 3 is 2.50 bits per heavy atom. The maximum Gasteiger partial charge on any atom is 0.0912 e. The van der Waals surface area contributed by atoms with E-state index in [1.54, 1.807) is 6.08 Å². The first-order valence-corrected chi connectivity index (χ1v) is 4.29. The summed E-state index contributed by atoms with van der Waals surface area (Å²) in [6, 6.07) is 2.01. The molecule has 0 saturated heterocycles. The molecule has 0 spiro atoms. The maximum absolute atomic E-state index is 8.37. The van der Waals surface area contributed by atoms with Crippen molar-refractivity contribution in [1.82, 2.24) is 0 Å². The first kappa shape index (κ1) is 8.80. The van der Waals surface area contributed by atoms with E-state index < -0.39 is 0 Å². The number of hydrogen-bond acceptors (Lipinski definition) is 1. The lowest BCUT2D eigenvalue weighted by atomic mass is 9.91. The monoisotopic (exact) mass is 159 g/mol. The molecule has 0 aromatic heterocycles. The van der Waals surface area contributed by atoms with E-state index in [4.69, 9.17) is 5.26 Å². The van der Waals surface area contributed by atoms with Crippen LogP contribution in [0.3, 0.4) is 0 Å². The number of hydrogen-bond donors (Lipinski definition) is 0. The number of nitriles is 1. The van der Waals surface area contributed by atoms with Crippen molar-refractivity contribution in [3.8, 4) is 6.07 Å². The van der Waals surface area contributed by atoms with Crippen LogP contribution in [0.5, 0.6) is 0 Å². The Morgan fingerprint density at radius 2 is 1.92 bits per heavy atom. The second-order valence-electron chi connectivity index (χ2n) is 2.92. The Kier molecular flexibility index (Phi) is 3.35. The molecule has 1 aliphatic rings. The molecule has 1 aliphatic carbocycles. The zero-order chi connectivity index (χ0) is 8.81. The van der Waals surface area contributed by atoms with E-state index in [1.807, 2.05) is 18.2 Å². The fraction of sp³-hybridized carbons (Fsp3) is 0.364. The van der Waals surface area contributed by atoms with Gasteiger partial charge in [-0.3, -0.25) is 0 Å². The van der Waals surface area contributed by atoms with Crippen molar-refractivity contribution in [1.29, 1.82) is 5.26 Å². The number of allylic oxidation sites excluding steroid dienone is 5. The molecular formula is C11H13N. The molecule has 0 unspecified atom stereocenters. The molecule has 1 heteroatoms. The van der Waals surface area contributed by atoms with Gasteiger partial charge in [0.05, 0.1) is 6.07 Å². The van der Waals surface area contributed by atoms with Gasteiger partial charge in [-0.05, 0) is 42.9 Å². The van der Waals surface area contributed by atoms with Gasteiger partial charge in [0.15, 0.2) is 0 Å². The highest BCUT2D eigenvalue weighted by molar-refractivity contribution is 5.35. The normalized spacial score (nSPS) is 17.9. The third-order valence-corrected chi connectivity index (χ3v) is 2.16. The molecule has 0 atom stereocenters. The van der Waals surface area contributed by atoms with E-state index in [0.29, 0.717) is 0 Å². The molecule has 0 aromatic carbocycles. The summed E-state index contributed by atoms with van der Waals surface area (Å²) in [4.78, 5) is 0. The minimum absolute atomic E-state index is 1.10. The van der Waals surface area contributed by atoms with Crippen molar-refractivity contribution >= 4 is 0 Å². The largest absolute Gasteiger partial charge is 0.193 e. The van der Waals surface area contributed by atoms with E-state index >= 15 is 0 Å². The average molecular weight is 159 g/mol. The van der Waals surface area contributed by atoms with Crippen LogP contribution in [0.4, 0.5) is 0 Å². The molecular weight excluding hydrogens is 146 g/mol. The van der Waals surface area contributed by atoms with Crippen molar-refractivity contribution in [3.05, 3.63) is 36.0 Å². The van der Waals surface area contributed by atoms with Crippen LogP contribution in [0.25, 0.3) is 0 Å². The van der Waals surface area contributed by atoms with Gasteiger partial charge in [-0.1, -0.05) is 12.7 Å². The number of nitrogens with zero attached hydrogens (tertiary/aromatic N) is 1. The van der Waals surface area contributed by atoms with Crippen molar-refractivity contribution < 1.29 is 0 Å². The maximum atomic E-state index is 8.37. The summed E-state index contributed by atoms with van der Waals surface area (Å²) in [5.41, 5.74) is 2.60. The summed E-state index contributed by atoms with van der Waals surface area (Å²) in [6.07, 6.45) is 10.1. The van der Waals surface area contributed by atoms with Crippen LogP contribution < -0.4 is 0 Å². The van der Waals surface area contributed by atoms with Crippen LogP contribution in [-0.4, -0.2) is 0 Å². The third kappa shape index (κ3) is 2.10. The quantitative estimate of drug-likeness (QED) is 0.568. The van der Waals surface area contributed by atoms with E-state index in [1.165, 1.54) is 24.0 Å². The predicted molar refractivity (Wildman–Crippen MR) is 50.4 cm³/mol. The van der Waals surface area contributed by atoms with Crippen LogP contribution in [0, 0.1) is 11.3 Å². The molecule has 1 nitrogen and oxygen atoms in total. The van der Waals surface area contributed by atoms with Gasteiger partial charge in [0.2, 0.25) is 0 Å². The molecule has 0 N–H and O–H groups in total. The van der Waals surface area contributed by atoms with Crippen molar-refractivity contribution in [3.63, 3.8) is 0 Å². The van der Waals surface area contributed by atoms with Crippen LogP contribution in [0.2, 0.25) is 0 Å². The standard InChI is InChI=1S/C11H13N/c1-2-10-6-3-4-7-11(10)8-5-9-12/h2,5,8H,1,3-4,6-7H2/b8-5+. The van der Waals surface area contributed by atoms with Crippen molar-refractivity contribution in [2.45, 2.75) is 25.7 Å². The van der Waals surface area contributed by atoms with E-state index in [-0.39, 0.29) is 0 Å². The predicted octanol–water partition coefficient (Wildman–Crippen LogP) is 3.12. The molecule has 0 heterocycles. The van der Waals surface area contributed by atoms with E-state index in [2.05, 4.69) is 6.58 Å². The van der Waals surface area contributed by atoms with Gasteiger partial charge in [0, 0.05) is 6.08 Å². The molecule has 12 heavy (non-hydrogen) atoms. The summed E-state index contributed by atoms with van der Waals surface area (Å²) >= 11 is 0. The lowest BCUT2D eigenvalue weighted by Gasteiger charge is -2.14. The highest BCUT2D eigenvalue weighted by Gasteiger charge is 2.06. The smallest absolute Gasteiger partial charge is 0.0912 e. The zero-order valence-corrected chi connectivity index (χ0v) is 7.21. The Balaban J connectivity index is 2.81. The Bertz CT molecular complexity index is 263. The Hall–Kier alpha value is -1.29. The van der Waals surface area contributed by atoms with Gasteiger partial charge >= 0.3 is 0 Å². The van der Waals surface area contributed by atoms with Crippen molar-refractivity contribution in [2.24, 2.45) is 0 Å². The first-order valence-electron chi connectivity index (χ1n) is 4.29. The zero-order valence-electron chi connectivity index (χ0n) is 7.21. The van der Waals surface area contributed by atoms with Crippen LogP contribution in [0.1, 0.15) is 25.7 Å². The van der Waals surface area contributed by atoms with Crippen LogP contribution in [-0.2, 0) is 0 Å². The highest BCUT2D eigenvalue weighted by atomic mass is 14.2. The fourth-order valence-electron chi connectivity index (χ4n) is 1.51. The Morgan fingerprint density at radius 1 is 1.25 bits per heavy atom. The van der Waals surface area contributed by atoms with E-state index in [9.17, 15) is 0 Å². The average Bonchev–Trinajstić information content (AvgIpc) is 2.15. The number of rotatable bonds is 2. The summed E-state index contributed by atoms with van der Waals surface area (Å²) in [5, 5.41) is 8.37. The molecule has 62 valence electrons. The van der Waals surface area contributed by atoms with E-state index in [0.717, 1.165) is 12.8 Å². The molecule has 0 fully saturated rings. The highest BCUT2D eigenvalue weighted by Crippen LogP contribution is 2.25. The molecule has 0 amide bonds.